The largest absolute Gasteiger partial charge is 0.443 e. The Morgan fingerprint density at radius 1 is 1.12 bits per heavy atom. The minimum atomic E-state index is 0.560. The van der Waals surface area contributed by atoms with Crippen LogP contribution in [0.2, 0.25) is 0 Å². The van der Waals surface area contributed by atoms with Crippen LogP contribution >= 0.6 is 0 Å². The molecular formula is C20H17N5O. The zero-order chi connectivity index (χ0) is 17.1. The predicted octanol–water partition coefficient (Wildman–Crippen LogP) is 3.71. The Morgan fingerprint density at radius 3 is 2.88 bits per heavy atom. The Hall–Kier alpha value is -3.15. The summed E-state index contributed by atoms with van der Waals surface area (Å²) in [6.07, 6.45) is 10.7. The van der Waals surface area contributed by atoms with Gasteiger partial charge in [-0.15, -0.1) is 0 Å². The molecule has 0 spiro atoms. The molecule has 0 amide bonds. The first-order chi connectivity index (χ1) is 12.9. The van der Waals surface area contributed by atoms with E-state index in [9.17, 15) is 0 Å². The third-order valence-corrected chi connectivity index (χ3v) is 5.26. The Morgan fingerprint density at radius 2 is 2.04 bits per heavy atom. The molecule has 1 aliphatic heterocycles. The quantitative estimate of drug-likeness (QED) is 0.501. The molecule has 0 saturated heterocycles. The van der Waals surface area contributed by atoms with Gasteiger partial charge in [0, 0.05) is 30.3 Å². The van der Waals surface area contributed by atoms with Gasteiger partial charge in [0.1, 0.15) is 18.3 Å². The van der Waals surface area contributed by atoms with Gasteiger partial charge in [0.15, 0.2) is 0 Å². The van der Waals surface area contributed by atoms with Crippen LogP contribution in [0.3, 0.4) is 0 Å². The van der Waals surface area contributed by atoms with Gasteiger partial charge in [-0.2, -0.15) is 5.10 Å². The first-order valence-corrected chi connectivity index (χ1v) is 8.99. The van der Waals surface area contributed by atoms with E-state index in [4.69, 9.17) is 9.52 Å². The highest BCUT2D eigenvalue weighted by atomic mass is 16.3. The first kappa shape index (κ1) is 14.1. The molecule has 0 radical (unpaired) electrons. The molecular weight excluding hydrogens is 326 g/mol. The molecule has 6 heteroatoms. The van der Waals surface area contributed by atoms with E-state index in [1.165, 1.54) is 18.4 Å². The van der Waals surface area contributed by atoms with Crippen molar-refractivity contribution in [1.82, 2.24) is 24.3 Å². The van der Waals surface area contributed by atoms with E-state index in [1.807, 2.05) is 6.33 Å². The summed E-state index contributed by atoms with van der Waals surface area (Å²) in [5.41, 5.74) is 6.43. The van der Waals surface area contributed by atoms with Gasteiger partial charge >= 0.3 is 0 Å². The van der Waals surface area contributed by atoms with Crippen LogP contribution in [0.15, 0.2) is 53.7 Å². The summed E-state index contributed by atoms with van der Waals surface area (Å²) in [5, 5.41) is 4.93. The average Bonchev–Trinajstić information content (AvgIpc) is 3.07. The number of fused-ring (bicyclic) bond motifs is 5. The Balaban J connectivity index is 1.56. The molecule has 26 heavy (non-hydrogen) atoms. The Kier molecular flexibility index (Phi) is 2.80. The van der Waals surface area contributed by atoms with Crippen LogP contribution in [0.25, 0.3) is 28.5 Å². The molecule has 0 bridgehead atoms. The van der Waals surface area contributed by atoms with E-state index in [0.29, 0.717) is 5.89 Å². The van der Waals surface area contributed by atoms with Crippen LogP contribution in [0.4, 0.5) is 0 Å². The molecule has 1 aromatic carbocycles. The molecule has 0 unspecified atom stereocenters. The number of oxazole rings is 1. The van der Waals surface area contributed by atoms with Gasteiger partial charge in [-0.1, -0.05) is 18.2 Å². The number of imidazole rings is 1. The molecule has 0 N–H and O–H groups in total. The van der Waals surface area contributed by atoms with Crippen LogP contribution in [0.5, 0.6) is 0 Å². The summed E-state index contributed by atoms with van der Waals surface area (Å²) in [6.45, 7) is 1.01. The highest BCUT2D eigenvalue weighted by Gasteiger charge is 2.28. The molecule has 6 nitrogen and oxygen atoms in total. The fourth-order valence-electron chi connectivity index (χ4n) is 3.81. The van der Waals surface area contributed by atoms with Crippen molar-refractivity contribution in [3.05, 3.63) is 60.5 Å². The average molecular weight is 343 g/mol. The van der Waals surface area contributed by atoms with E-state index in [2.05, 4.69) is 49.7 Å². The zero-order valence-corrected chi connectivity index (χ0v) is 14.2. The van der Waals surface area contributed by atoms with Gasteiger partial charge in [0.25, 0.3) is 0 Å². The topological polar surface area (TPSA) is 61.7 Å². The number of para-hydroxylation sites is 1. The maximum atomic E-state index is 5.52. The van der Waals surface area contributed by atoms with Crippen LogP contribution < -0.4 is 0 Å². The van der Waals surface area contributed by atoms with Crippen molar-refractivity contribution in [3.8, 4) is 28.5 Å². The number of aromatic nitrogens is 5. The lowest BCUT2D eigenvalue weighted by Gasteiger charge is -2.09. The Bertz CT molecular complexity index is 1100. The number of hydrogen-bond acceptors (Lipinski definition) is 4. The van der Waals surface area contributed by atoms with Crippen molar-refractivity contribution in [3.63, 3.8) is 0 Å². The van der Waals surface area contributed by atoms with Crippen LogP contribution in [-0.2, 0) is 13.0 Å². The predicted molar refractivity (Wildman–Crippen MR) is 95.8 cm³/mol. The normalized spacial score (nSPS) is 15.2. The summed E-state index contributed by atoms with van der Waals surface area (Å²) in [4.78, 5) is 8.90. The molecule has 3 aromatic heterocycles. The lowest BCUT2D eigenvalue weighted by Crippen LogP contribution is -2.02. The SMILES string of the molecule is c1ccc2c(c1)-c1nn(CC3CC3)cc1Cc1c(-c3ncco3)ncn1-2. The van der Waals surface area contributed by atoms with Gasteiger partial charge in [-0.05, 0) is 24.8 Å². The smallest absolute Gasteiger partial charge is 0.246 e. The summed E-state index contributed by atoms with van der Waals surface area (Å²) in [5.74, 6) is 1.35. The molecule has 1 aliphatic carbocycles. The highest BCUT2D eigenvalue weighted by Crippen LogP contribution is 2.38. The molecule has 6 rings (SSSR count). The second kappa shape index (κ2) is 5.17. The molecule has 4 heterocycles. The van der Waals surface area contributed by atoms with Crippen LogP contribution in [-0.4, -0.2) is 24.3 Å². The van der Waals surface area contributed by atoms with Gasteiger partial charge in [0.2, 0.25) is 5.89 Å². The van der Waals surface area contributed by atoms with Gasteiger partial charge in [-0.3, -0.25) is 4.68 Å². The summed E-state index contributed by atoms with van der Waals surface area (Å²) in [7, 11) is 0. The molecule has 1 saturated carbocycles. The van der Waals surface area contributed by atoms with Gasteiger partial charge in [-0.25, -0.2) is 9.97 Å². The lowest BCUT2D eigenvalue weighted by atomic mass is 10.1. The maximum absolute atomic E-state index is 5.52. The highest BCUT2D eigenvalue weighted by molar-refractivity contribution is 5.75. The van der Waals surface area contributed by atoms with E-state index < -0.39 is 0 Å². The fraction of sp³-hybridized carbons (Fsp3) is 0.250. The van der Waals surface area contributed by atoms with Crippen LogP contribution in [0.1, 0.15) is 24.1 Å². The summed E-state index contributed by atoms with van der Waals surface area (Å²) < 4.78 is 9.78. The van der Waals surface area contributed by atoms with E-state index in [1.54, 1.807) is 12.5 Å². The summed E-state index contributed by atoms with van der Waals surface area (Å²) >= 11 is 0. The van der Waals surface area contributed by atoms with Gasteiger partial charge in [0.05, 0.1) is 23.3 Å². The second-order valence-electron chi connectivity index (χ2n) is 7.11. The fourth-order valence-corrected chi connectivity index (χ4v) is 3.81. The Labute approximate surface area is 150 Å². The van der Waals surface area contributed by atoms with E-state index >= 15 is 0 Å². The van der Waals surface area contributed by atoms with E-state index in [-0.39, 0.29) is 0 Å². The minimum absolute atomic E-state index is 0.560. The second-order valence-corrected chi connectivity index (χ2v) is 7.11. The number of hydrogen-bond donors (Lipinski definition) is 0. The maximum Gasteiger partial charge on any atom is 0.246 e. The van der Waals surface area contributed by atoms with Crippen molar-refractivity contribution in [2.24, 2.45) is 5.92 Å². The summed E-state index contributed by atoms with van der Waals surface area (Å²) in [6, 6.07) is 8.39. The molecule has 2 aliphatic rings. The number of nitrogens with zero attached hydrogens (tertiary/aromatic N) is 5. The van der Waals surface area contributed by atoms with Crippen molar-refractivity contribution < 1.29 is 4.42 Å². The molecule has 0 atom stereocenters. The minimum Gasteiger partial charge on any atom is -0.443 e. The van der Waals surface area contributed by atoms with Crippen molar-refractivity contribution in [2.75, 3.05) is 0 Å². The third kappa shape index (κ3) is 2.08. The monoisotopic (exact) mass is 343 g/mol. The zero-order valence-electron chi connectivity index (χ0n) is 14.2. The number of benzene rings is 1. The lowest BCUT2D eigenvalue weighted by molar-refractivity contribution is 0.564. The van der Waals surface area contributed by atoms with Crippen molar-refractivity contribution >= 4 is 0 Å². The first-order valence-electron chi connectivity index (χ1n) is 8.99. The molecule has 128 valence electrons. The standard InChI is InChI=1S/C20H17N5O/c1-2-4-16-15(3-1)18-14(11-24(23-18)10-13-5-6-13)9-17-19(22-12-25(16)17)20-21-7-8-26-20/h1-4,7-8,11-13H,5-6,9-10H2. The van der Waals surface area contributed by atoms with Crippen molar-refractivity contribution in [2.45, 2.75) is 25.8 Å². The third-order valence-electron chi connectivity index (χ3n) is 5.26. The molecule has 1 fully saturated rings. The number of rotatable bonds is 3. The van der Waals surface area contributed by atoms with Crippen molar-refractivity contribution in [1.29, 1.82) is 0 Å². The van der Waals surface area contributed by atoms with Gasteiger partial charge < -0.3 is 8.98 Å². The van der Waals surface area contributed by atoms with Crippen LogP contribution in [0, 0.1) is 5.92 Å². The molecule has 4 aromatic rings. The van der Waals surface area contributed by atoms with E-state index in [0.717, 1.165) is 47.2 Å².